The molecule has 1 amide bonds. The highest BCUT2D eigenvalue weighted by atomic mass is 32.1. The molecule has 1 N–H and O–H groups in total. The van der Waals surface area contributed by atoms with Crippen molar-refractivity contribution in [2.75, 3.05) is 11.9 Å². The molecule has 1 aromatic carbocycles. The third kappa shape index (κ3) is 3.57. The van der Waals surface area contributed by atoms with Crippen molar-refractivity contribution in [2.24, 2.45) is 0 Å². The van der Waals surface area contributed by atoms with Gasteiger partial charge in [-0.2, -0.15) is 0 Å². The molecule has 0 fully saturated rings. The van der Waals surface area contributed by atoms with Crippen LogP contribution in [-0.4, -0.2) is 29.2 Å². The summed E-state index contributed by atoms with van der Waals surface area (Å²) in [7, 11) is 1.50. The molecule has 6 nitrogen and oxygen atoms in total. The highest BCUT2D eigenvalue weighted by molar-refractivity contribution is 7.17. The summed E-state index contributed by atoms with van der Waals surface area (Å²) in [5.74, 6) is -1.05. The molecule has 0 bridgehead atoms. The van der Waals surface area contributed by atoms with E-state index >= 15 is 0 Å². The third-order valence-corrected chi connectivity index (χ3v) is 3.97. The molecule has 2 aromatic rings. The maximum Gasteiger partial charge on any atom is 0.416 e. The lowest BCUT2D eigenvalue weighted by atomic mass is 10.2. The van der Waals surface area contributed by atoms with Gasteiger partial charge in [0.15, 0.2) is 5.13 Å². The van der Waals surface area contributed by atoms with Crippen LogP contribution in [-0.2, 0) is 11.3 Å². The monoisotopic (exact) mass is 306 g/mol. The molecule has 0 unspecified atom stereocenters. The Morgan fingerprint density at radius 3 is 2.57 bits per heavy atom. The van der Waals surface area contributed by atoms with Crippen molar-refractivity contribution in [3.63, 3.8) is 0 Å². The number of rotatable bonds is 4. The molecular formula is C14H14N2O4S. The minimum absolute atomic E-state index is 0.118. The largest absolute Gasteiger partial charge is 0.477 e. The standard InChI is InChI=1S/C14H14N2O4S/c1-9-11(12(17)18)21-13(15-9)16(2)14(19)20-8-10-6-4-3-5-7-10/h3-7H,8H2,1-2H3,(H,17,18). The molecule has 0 atom stereocenters. The van der Waals surface area contributed by atoms with Crippen LogP contribution in [0.4, 0.5) is 9.93 Å². The quantitative estimate of drug-likeness (QED) is 0.939. The lowest BCUT2D eigenvalue weighted by Crippen LogP contribution is -2.26. The number of thiazole rings is 1. The van der Waals surface area contributed by atoms with Crippen molar-refractivity contribution in [3.05, 3.63) is 46.5 Å². The third-order valence-electron chi connectivity index (χ3n) is 2.75. The van der Waals surface area contributed by atoms with Gasteiger partial charge >= 0.3 is 12.1 Å². The number of anilines is 1. The Bertz CT molecular complexity index is 654. The van der Waals surface area contributed by atoms with Crippen molar-refractivity contribution in [1.29, 1.82) is 0 Å². The number of aromatic carboxylic acids is 1. The van der Waals surface area contributed by atoms with Gasteiger partial charge in [0, 0.05) is 7.05 Å². The first kappa shape index (κ1) is 15.0. The summed E-state index contributed by atoms with van der Waals surface area (Å²) in [5.41, 5.74) is 1.26. The van der Waals surface area contributed by atoms with E-state index in [1.807, 2.05) is 30.3 Å². The van der Waals surface area contributed by atoms with Gasteiger partial charge in [0.25, 0.3) is 0 Å². The Morgan fingerprint density at radius 1 is 1.33 bits per heavy atom. The van der Waals surface area contributed by atoms with E-state index in [-0.39, 0.29) is 11.5 Å². The second-order valence-electron chi connectivity index (χ2n) is 4.32. The number of hydrogen-bond acceptors (Lipinski definition) is 5. The molecule has 0 aliphatic carbocycles. The van der Waals surface area contributed by atoms with Crippen molar-refractivity contribution in [3.8, 4) is 0 Å². The summed E-state index contributed by atoms with van der Waals surface area (Å²) in [6, 6.07) is 9.29. The van der Waals surface area contributed by atoms with Gasteiger partial charge < -0.3 is 9.84 Å². The summed E-state index contributed by atoms with van der Waals surface area (Å²) in [4.78, 5) is 28.3. The number of ether oxygens (including phenoxy) is 1. The summed E-state index contributed by atoms with van der Waals surface area (Å²) in [6.45, 7) is 1.74. The van der Waals surface area contributed by atoms with Crippen LogP contribution in [0.3, 0.4) is 0 Å². The molecule has 0 saturated carbocycles. The van der Waals surface area contributed by atoms with Crippen LogP contribution in [0.2, 0.25) is 0 Å². The molecule has 0 aliphatic rings. The lowest BCUT2D eigenvalue weighted by molar-refractivity contribution is 0.0701. The van der Waals surface area contributed by atoms with E-state index in [1.54, 1.807) is 6.92 Å². The molecule has 0 aliphatic heterocycles. The number of carboxylic acid groups (broad SMARTS) is 1. The second-order valence-corrected chi connectivity index (χ2v) is 5.29. The van der Waals surface area contributed by atoms with Gasteiger partial charge in [0.2, 0.25) is 0 Å². The molecule has 21 heavy (non-hydrogen) atoms. The van der Waals surface area contributed by atoms with Crippen LogP contribution < -0.4 is 4.90 Å². The number of aromatic nitrogens is 1. The Kier molecular flexibility index (Phi) is 4.54. The zero-order valence-corrected chi connectivity index (χ0v) is 12.4. The average molecular weight is 306 g/mol. The number of amides is 1. The number of carboxylic acids is 1. The Labute approximate surface area is 125 Å². The number of nitrogens with zero attached hydrogens (tertiary/aromatic N) is 2. The summed E-state index contributed by atoms with van der Waals surface area (Å²) < 4.78 is 5.16. The van der Waals surface area contributed by atoms with Crippen molar-refractivity contribution >= 4 is 28.5 Å². The number of hydrogen-bond donors (Lipinski definition) is 1. The molecule has 1 aromatic heterocycles. The van der Waals surface area contributed by atoms with Crippen LogP contribution in [0.15, 0.2) is 30.3 Å². The van der Waals surface area contributed by atoms with Crippen molar-refractivity contribution < 1.29 is 19.4 Å². The Balaban J connectivity index is 2.02. The van der Waals surface area contributed by atoms with Crippen LogP contribution in [0.1, 0.15) is 20.9 Å². The van der Waals surface area contributed by atoms with Gasteiger partial charge in [0.05, 0.1) is 5.69 Å². The van der Waals surface area contributed by atoms with Gasteiger partial charge in [0.1, 0.15) is 11.5 Å². The maximum atomic E-state index is 11.9. The van der Waals surface area contributed by atoms with Crippen molar-refractivity contribution in [2.45, 2.75) is 13.5 Å². The van der Waals surface area contributed by atoms with Gasteiger partial charge in [-0.15, -0.1) is 0 Å². The number of carbonyl (C=O) groups excluding carboxylic acids is 1. The van der Waals surface area contributed by atoms with Gasteiger partial charge in [-0.05, 0) is 12.5 Å². The molecule has 0 spiro atoms. The van der Waals surface area contributed by atoms with E-state index in [4.69, 9.17) is 9.84 Å². The SMILES string of the molecule is Cc1nc(N(C)C(=O)OCc2ccccc2)sc1C(=O)O. The number of aryl methyl sites for hydroxylation is 1. The first-order chi connectivity index (χ1) is 9.99. The molecule has 2 rings (SSSR count). The molecular weight excluding hydrogens is 292 g/mol. The first-order valence-corrected chi connectivity index (χ1v) is 6.96. The predicted octanol–water partition coefficient (Wildman–Crippen LogP) is 2.92. The topological polar surface area (TPSA) is 79.7 Å². The van der Waals surface area contributed by atoms with E-state index in [0.717, 1.165) is 16.9 Å². The van der Waals surface area contributed by atoms with E-state index < -0.39 is 12.1 Å². The van der Waals surface area contributed by atoms with Crippen LogP contribution >= 0.6 is 11.3 Å². The molecule has 1 heterocycles. The number of carbonyl (C=O) groups is 2. The fraction of sp³-hybridized carbons (Fsp3) is 0.214. The van der Waals surface area contributed by atoms with Crippen LogP contribution in [0.5, 0.6) is 0 Å². The molecule has 110 valence electrons. The summed E-state index contributed by atoms with van der Waals surface area (Å²) >= 11 is 0.940. The first-order valence-electron chi connectivity index (χ1n) is 6.14. The summed E-state index contributed by atoms with van der Waals surface area (Å²) in [6.07, 6.45) is -0.579. The lowest BCUT2D eigenvalue weighted by Gasteiger charge is -2.13. The zero-order chi connectivity index (χ0) is 15.4. The minimum Gasteiger partial charge on any atom is -0.477 e. The summed E-state index contributed by atoms with van der Waals surface area (Å²) in [5, 5.41) is 9.28. The Hall–Kier alpha value is -2.41. The highest BCUT2D eigenvalue weighted by Gasteiger charge is 2.20. The fourth-order valence-electron chi connectivity index (χ4n) is 1.62. The van der Waals surface area contributed by atoms with Crippen LogP contribution in [0, 0.1) is 6.92 Å². The molecule has 7 heteroatoms. The van der Waals surface area contributed by atoms with E-state index in [1.165, 1.54) is 11.9 Å². The average Bonchev–Trinajstić information content (AvgIpc) is 2.87. The fourth-order valence-corrected chi connectivity index (χ4v) is 2.48. The van der Waals surface area contributed by atoms with Gasteiger partial charge in [-0.3, -0.25) is 4.90 Å². The molecule has 0 saturated heterocycles. The van der Waals surface area contributed by atoms with Crippen molar-refractivity contribution in [1.82, 2.24) is 4.98 Å². The maximum absolute atomic E-state index is 11.9. The van der Waals surface area contributed by atoms with Crippen LogP contribution in [0.25, 0.3) is 0 Å². The van der Waals surface area contributed by atoms with Gasteiger partial charge in [-0.1, -0.05) is 41.7 Å². The van der Waals surface area contributed by atoms with E-state index in [2.05, 4.69) is 4.98 Å². The second kappa shape index (κ2) is 6.36. The highest BCUT2D eigenvalue weighted by Crippen LogP contribution is 2.25. The zero-order valence-electron chi connectivity index (χ0n) is 11.6. The van der Waals surface area contributed by atoms with E-state index in [0.29, 0.717) is 10.8 Å². The smallest absolute Gasteiger partial charge is 0.416 e. The van der Waals surface area contributed by atoms with Gasteiger partial charge in [-0.25, -0.2) is 14.6 Å². The normalized spacial score (nSPS) is 10.2. The predicted molar refractivity (Wildman–Crippen MR) is 78.8 cm³/mol. The number of benzene rings is 1. The van der Waals surface area contributed by atoms with E-state index in [9.17, 15) is 9.59 Å². The Morgan fingerprint density at radius 2 is 2.00 bits per heavy atom. The minimum atomic E-state index is -1.05. The molecule has 0 radical (unpaired) electrons.